The molecule has 0 aliphatic heterocycles. The molecule has 2 nitrogen and oxygen atoms in total. The van der Waals surface area contributed by atoms with E-state index in [1.807, 2.05) is 24.4 Å². The summed E-state index contributed by atoms with van der Waals surface area (Å²) in [6.07, 6.45) is 1.82. The highest BCUT2D eigenvalue weighted by Crippen LogP contribution is 2.27. The van der Waals surface area contributed by atoms with Crippen LogP contribution in [0.1, 0.15) is 5.56 Å². The van der Waals surface area contributed by atoms with Crippen molar-refractivity contribution in [1.82, 2.24) is 4.98 Å². The van der Waals surface area contributed by atoms with Crippen molar-refractivity contribution in [1.29, 1.82) is 0 Å². The van der Waals surface area contributed by atoms with E-state index < -0.39 is 0 Å². The average Bonchev–Trinajstić information content (AvgIpc) is 2.38. The van der Waals surface area contributed by atoms with Crippen LogP contribution in [0.2, 0.25) is 0 Å². The molecule has 0 saturated heterocycles. The van der Waals surface area contributed by atoms with Crippen LogP contribution in [0.5, 0.6) is 0 Å². The van der Waals surface area contributed by atoms with Crippen LogP contribution in [0.4, 0.5) is 5.69 Å². The van der Waals surface area contributed by atoms with Crippen molar-refractivity contribution in [3.8, 4) is 11.1 Å². The van der Waals surface area contributed by atoms with Gasteiger partial charge in [0.1, 0.15) is 0 Å². The minimum atomic E-state index is 0.804. The number of nitrogen functional groups attached to an aromatic ring is 1. The Bertz CT molecular complexity index is 717. The van der Waals surface area contributed by atoms with Gasteiger partial charge in [0.25, 0.3) is 0 Å². The Balaban J connectivity index is 2.19. The number of fused-ring (bicyclic) bond motifs is 1. The third-order valence-corrected chi connectivity index (χ3v) is 3.16. The Labute approximate surface area is 106 Å². The zero-order chi connectivity index (χ0) is 12.5. The molecule has 0 spiro atoms. The van der Waals surface area contributed by atoms with Gasteiger partial charge >= 0.3 is 0 Å². The van der Waals surface area contributed by atoms with Crippen molar-refractivity contribution in [2.45, 2.75) is 6.92 Å². The maximum absolute atomic E-state index is 5.79. The van der Waals surface area contributed by atoms with E-state index in [0.717, 1.165) is 16.6 Å². The lowest BCUT2D eigenvalue weighted by molar-refractivity contribution is 1.41. The molecule has 0 radical (unpaired) electrons. The first-order valence-corrected chi connectivity index (χ1v) is 5.95. The van der Waals surface area contributed by atoms with Gasteiger partial charge in [-0.2, -0.15) is 0 Å². The van der Waals surface area contributed by atoms with Crippen LogP contribution in [-0.4, -0.2) is 4.98 Å². The van der Waals surface area contributed by atoms with Crippen LogP contribution in [-0.2, 0) is 0 Å². The first-order chi connectivity index (χ1) is 8.74. The Kier molecular flexibility index (Phi) is 2.49. The fraction of sp³-hybridized carbons (Fsp3) is 0.0625. The predicted molar refractivity (Wildman–Crippen MR) is 76.3 cm³/mol. The van der Waals surface area contributed by atoms with E-state index in [1.165, 1.54) is 16.7 Å². The molecule has 3 aromatic rings. The van der Waals surface area contributed by atoms with Crippen LogP contribution in [0.25, 0.3) is 22.0 Å². The molecule has 3 rings (SSSR count). The molecule has 0 amide bonds. The number of aryl methyl sites for hydroxylation is 1. The molecule has 0 aliphatic carbocycles. The highest BCUT2D eigenvalue weighted by molar-refractivity contribution is 5.85. The monoisotopic (exact) mass is 234 g/mol. The van der Waals surface area contributed by atoms with Gasteiger partial charge in [-0.1, -0.05) is 18.2 Å². The summed E-state index contributed by atoms with van der Waals surface area (Å²) in [5.74, 6) is 0. The SMILES string of the molecule is Cc1cc(N)ccc1-c1ccc2ncccc2c1. The number of nitrogens with two attached hydrogens (primary N) is 1. The smallest absolute Gasteiger partial charge is 0.0702 e. The van der Waals surface area contributed by atoms with E-state index in [9.17, 15) is 0 Å². The van der Waals surface area contributed by atoms with Crippen LogP contribution in [0.3, 0.4) is 0 Å². The second-order valence-electron chi connectivity index (χ2n) is 4.49. The van der Waals surface area contributed by atoms with E-state index >= 15 is 0 Å². The van der Waals surface area contributed by atoms with Crippen molar-refractivity contribution in [2.24, 2.45) is 0 Å². The maximum atomic E-state index is 5.79. The number of anilines is 1. The van der Waals surface area contributed by atoms with E-state index in [4.69, 9.17) is 5.73 Å². The molecule has 1 aromatic heterocycles. The summed E-state index contributed by atoms with van der Waals surface area (Å²) in [6, 6.07) is 16.4. The highest BCUT2D eigenvalue weighted by atomic mass is 14.6. The quantitative estimate of drug-likeness (QED) is 0.650. The second kappa shape index (κ2) is 4.15. The average molecular weight is 234 g/mol. The maximum Gasteiger partial charge on any atom is 0.0702 e. The lowest BCUT2D eigenvalue weighted by Gasteiger charge is -2.08. The molecule has 18 heavy (non-hydrogen) atoms. The second-order valence-corrected chi connectivity index (χ2v) is 4.49. The minimum absolute atomic E-state index is 0.804. The summed E-state index contributed by atoms with van der Waals surface area (Å²) in [6.45, 7) is 2.08. The Hall–Kier alpha value is -2.35. The number of pyridine rings is 1. The van der Waals surface area contributed by atoms with Crippen LogP contribution >= 0.6 is 0 Å². The van der Waals surface area contributed by atoms with Gasteiger partial charge in [-0.3, -0.25) is 4.98 Å². The van der Waals surface area contributed by atoms with E-state index in [-0.39, 0.29) is 0 Å². The normalized spacial score (nSPS) is 10.7. The van der Waals surface area contributed by atoms with Gasteiger partial charge in [0, 0.05) is 17.3 Å². The number of hydrogen-bond donors (Lipinski definition) is 1. The van der Waals surface area contributed by atoms with Gasteiger partial charge in [0.15, 0.2) is 0 Å². The summed E-state index contributed by atoms with van der Waals surface area (Å²) in [5, 5.41) is 1.16. The third kappa shape index (κ3) is 1.82. The summed E-state index contributed by atoms with van der Waals surface area (Å²) in [5.41, 5.74) is 11.2. The zero-order valence-corrected chi connectivity index (χ0v) is 10.2. The van der Waals surface area contributed by atoms with Crippen LogP contribution in [0.15, 0.2) is 54.7 Å². The molecule has 0 atom stereocenters. The van der Waals surface area contributed by atoms with Crippen LogP contribution in [0, 0.1) is 6.92 Å². The molecular weight excluding hydrogens is 220 g/mol. The third-order valence-electron chi connectivity index (χ3n) is 3.16. The highest BCUT2D eigenvalue weighted by Gasteiger charge is 2.03. The number of nitrogens with zero attached hydrogens (tertiary/aromatic N) is 1. The number of hydrogen-bond acceptors (Lipinski definition) is 2. The van der Waals surface area contributed by atoms with Gasteiger partial charge in [-0.05, 0) is 53.9 Å². The van der Waals surface area contributed by atoms with Crippen molar-refractivity contribution in [2.75, 3.05) is 5.73 Å². The number of aromatic nitrogens is 1. The molecule has 88 valence electrons. The fourth-order valence-electron chi connectivity index (χ4n) is 2.25. The van der Waals surface area contributed by atoms with Gasteiger partial charge in [0.05, 0.1) is 5.52 Å². The predicted octanol–water partition coefficient (Wildman–Crippen LogP) is 3.79. The summed E-state index contributed by atoms with van der Waals surface area (Å²) in [4.78, 5) is 4.33. The van der Waals surface area contributed by atoms with Gasteiger partial charge in [0.2, 0.25) is 0 Å². The number of benzene rings is 2. The van der Waals surface area contributed by atoms with Gasteiger partial charge < -0.3 is 5.73 Å². The van der Waals surface area contributed by atoms with E-state index in [0.29, 0.717) is 0 Å². The Morgan fingerprint density at radius 2 is 1.89 bits per heavy atom. The molecule has 0 fully saturated rings. The topological polar surface area (TPSA) is 38.9 Å². The fourth-order valence-corrected chi connectivity index (χ4v) is 2.25. The first-order valence-electron chi connectivity index (χ1n) is 5.95. The molecule has 0 saturated carbocycles. The molecule has 0 bridgehead atoms. The van der Waals surface area contributed by atoms with Crippen molar-refractivity contribution < 1.29 is 0 Å². The largest absolute Gasteiger partial charge is 0.399 e. The van der Waals surface area contributed by atoms with Crippen molar-refractivity contribution >= 4 is 16.6 Å². The molecule has 2 aromatic carbocycles. The van der Waals surface area contributed by atoms with Crippen molar-refractivity contribution in [3.63, 3.8) is 0 Å². The number of rotatable bonds is 1. The van der Waals surface area contributed by atoms with Gasteiger partial charge in [-0.15, -0.1) is 0 Å². The Morgan fingerprint density at radius 1 is 1.00 bits per heavy atom. The minimum Gasteiger partial charge on any atom is -0.399 e. The summed E-state index contributed by atoms with van der Waals surface area (Å²) < 4.78 is 0. The molecule has 2 heteroatoms. The summed E-state index contributed by atoms with van der Waals surface area (Å²) >= 11 is 0. The van der Waals surface area contributed by atoms with E-state index in [2.05, 4.69) is 42.2 Å². The molecular formula is C16H14N2. The lowest BCUT2D eigenvalue weighted by Crippen LogP contribution is -1.89. The van der Waals surface area contributed by atoms with Gasteiger partial charge in [-0.25, -0.2) is 0 Å². The molecule has 0 unspecified atom stereocenters. The zero-order valence-electron chi connectivity index (χ0n) is 10.2. The molecule has 1 heterocycles. The standard InChI is InChI=1S/C16H14N2/c1-11-9-14(17)5-6-15(11)12-4-7-16-13(10-12)3-2-8-18-16/h2-10H,17H2,1H3. The lowest BCUT2D eigenvalue weighted by atomic mass is 9.98. The van der Waals surface area contributed by atoms with Crippen molar-refractivity contribution in [3.05, 3.63) is 60.3 Å². The molecule has 0 aliphatic rings. The first kappa shape index (κ1) is 10.8. The summed E-state index contributed by atoms with van der Waals surface area (Å²) in [7, 11) is 0. The Morgan fingerprint density at radius 3 is 2.72 bits per heavy atom. The van der Waals surface area contributed by atoms with E-state index in [1.54, 1.807) is 0 Å². The van der Waals surface area contributed by atoms with Crippen LogP contribution < -0.4 is 5.73 Å². The molecule has 2 N–H and O–H groups in total.